The molecule has 3 rings (SSSR count). The molecule has 2 aromatic rings. The van der Waals surface area contributed by atoms with E-state index in [4.69, 9.17) is 4.74 Å². The van der Waals surface area contributed by atoms with E-state index in [1.807, 2.05) is 18.2 Å². The number of alkyl halides is 3. The van der Waals surface area contributed by atoms with E-state index in [1.54, 1.807) is 6.07 Å². The number of rotatable bonds is 3. The maximum absolute atomic E-state index is 13.3. The molecular weight excluding hydrogens is 350 g/mol. The van der Waals surface area contributed by atoms with Crippen LogP contribution >= 0.6 is 15.9 Å². The molecule has 1 nitrogen and oxygen atoms in total. The highest BCUT2D eigenvalue weighted by Gasteiger charge is 2.27. The van der Waals surface area contributed by atoms with Crippen LogP contribution in [-0.4, -0.2) is 6.10 Å². The molecule has 4 heteroatoms. The van der Waals surface area contributed by atoms with Crippen LogP contribution in [0.2, 0.25) is 0 Å². The van der Waals surface area contributed by atoms with Crippen molar-refractivity contribution in [3.05, 3.63) is 42.0 Å². The van der Waals surface area contributed by atoms with Gasteiger partial charge >= 0.3 is 4.83 Å². The lowest BCUT2D eigenvalue weighted by atomic mass is 9.89. The van der Waals surface area contributed by atoms with Crippen molar-refractivity contribution in [3.63, 3.8) is 0 Å². The summed E-state index contributed by atoms with van der Waals surface area (Å²) in [5.41, 5.74) is -0.0325. The molecule has 22 heavy (non-hydrogen) atoms. The summed E-state index contributed by atoms with van der Waals surface area (Å²) in [6.07, 6.45) is 4.88. The van der Waals surface area contributed by atoms with Crippen molar-refractivity contribution >= 4 is 26.7 Å². The average molecular weight is 369 g/mol. The first-order valence-corrected chi connectivity index (χ1v) is 8.49. The van der Waals surface area contributed by atoms with Gasteiger partial charge in [0.1, 0.15) is 5.75 Å². The Hall–Kier alpha value is -1.16. The zero-order chi connectivity index (χ0) is 15.7. The van der Waals surface area contributed by atoms with E-state index in [2.05, 4.69) is 22.9 Å². The van der Waals surface area contributed by atoms with Crippen molar-refractivity contribution in [2.45, 2.75) is 43.5 Å². The predicted octanol–water partition coefficient (Wildman–Crippen LogP) is 6.24. The molecule has 0 amide bonds. The Morgan fingerprint density at radius 3 is 2.32 bits per heavy atom. The summed E-state index contributed by atoms with van der Waals surface area (Å²) < 4.78 is 32.6. The first-order chi connectivity index (χ1) is 10.4. The molecule has 0 aliphatic heterocycles. The molecule has 0 unspecified atom stereocenters. The molecule has 118 valence electrons. The summed E-state index contributed by atoms with van der Waals surface area (Å²) in [4.78, 5) is -2.99. The van der Waals surface area contributed by atoms with E-state index in [0.717, 1.165) is 35.3 Å². The maximum Gasteiger partial charge on any atom is 0.326 e. The maximum atomic E-state index is 13.3. The first-order valence-electron chi connectivity index (χ1n) is 7.69. The predicted molar refractivity (Wildman–Crippen MR) is 88.8 cm³/mol. The van der Waals surface area contributed by atoms with Crippen LogP contribution in [-0.2, 0) is 4.83 Å². The Balaban J connectivity index is 1.78. The molecule has 0 N–H and O–H groups in total. The van der Waals surface area contributed by atoms with Gasteiger partial charge in [0, 0.05) is 5.56 Å². The van der Waals surface area contributed by atoms with E-state index >= 15 is 0 Å². The summed E-state index contributed by atoms with van der Waals surface area (Å²) in [7, 11) is 0. The van der Waals surface area contributed by atoms with Crippen LogP contribution in [0.15, 0.2) is 36.4 Å². The second kappa shape index (κ2) is 6.15. The molecule has 1 fully saturated rings. The van der Waals surface area contributed by atoms with Gasteiger partial charge in [-0.2, -0.15) is 8.78 Å². The van der Waals surface area contributed by atoms with E-state index in [0.29, 0.717) is 0 Å². The minimum atomic E-state index is -2.99. The zero-order valence-corrected chi connectivity index (χ0v) is 14.1. The highest BCUT2D eigenvalue weighted by molar-refractivity contribution is 9.09. The molecule has 2 aromatic carbocycles. The van der Waals surface area contributed by atoms with Crippen LogP contribution < -0.4 is 4.74 Å². The van der Waals surface area contributed by atoms with Crippen molar-refractivity contribution in [3.8, 4) is 5.75 Å². The highest BCUT2D eigenvalue weighted by Crippen LogP contribution is 2.36. The Bertz CT molecular complexity index is 658. The van der Waals surface area contributed by atoms with Gasteiger partial charge in [-0.15, -0.1) is 0 Å². The molecule has 0 saturated heterocycles. The van der Waals surface area contributed by atoms with Gasteiger partial charge in [-0.25, -0.2) is 0 Å². The quantitative estimate of drug-likeness (QED) is 0.582. The molecular formula is C18H19BrF2O. The number of hydrogen-bond acceptors (Lipinski definition) is 1. The monoisotopic (exact) mass is 368 g/mol. The molecule has 0 radical (unpaired) electrons. The third-order valence-electron chi connectivity index (χ3n) is 4.40. The third-order valence-corrected chi connectivity index (χ3v) is 4.86. The lowest BCUT2D eigenvalue weighted by molar-refractivity contribution is 0.115. The first kappa shape index (κ1) is 15.7. The summed E-state index contributed by atoms with van der Waals surface area (Å²) in [5, 5.41) is 1.71. The minimum absolute atomic E-state index is 0.0325. The Kier molecular flexibility index (Phi) is 4.40. The second-order valence-electron chi connectivity index (χ2n) is 6.22. The summed E-state index contributed by atoms with van der Waals surface area (Å²) in [6.45, 7) is 2.28. The largest absolute Gasteiger partial charge is 0.490 e. The molecule has 0 bridgehead atoms. The molecule has 0 heterocycles. The summed E-state index contributed by atoms with van der Waals surface area (Å²) >= 11 is 2.40. The van der Waals surface area contributed by atoms with Crippen LogP contribution in [0.3, 0.4) is 0 Å². The number of benzene rings is 2. The lowest BCUT2D eigenvalue weighted by Gasteiger charge is -2.27. The van der Waals surface area contributed by atoms with Crippen molar-refractivity contribution in [2.24, 2.45) is 5.92 Å². The van der Waals surface area contributed by atoms with Gasteiger partial charge in [0.05, 0.1) is 6.10 Å². The van der Waals surface area contributed by atoms with Gasteiger partial charge in [0.25, 0.3) is 0 Å². The van der Waals surface area contributed by atoms with Gasteiger partial charge in [-0.3, -0.25) is 0 Å². The van der Waals surface area contributed by atoms with Crippen LogP contribution in [0.4, 0.5) is 8.78 Å². The Morgan fingerprint density at radius 1 is 1.00 bits per heavy atom. The van der Waals surface area contributed by atoms with E-state index in [1.165, 1.54) is 25.0 Å². The molecule has 0 aromatic heterocycles. The number of fused-ring (bicyclic) bond motifs is 1. The second-order valence-corrected chi connectivity index (χ2v) is 7.22. The lowest BCUT2D eigenvalue weighted by Crippen LogP contribution is -2.22. The molecule has 1 aliphatic carbocycles. The average Bonchev–Trinajstić information content (AvgIpc) is 2.48. The van der Waals surface area contributed by atoms with Gasteiger partial charge in [0.15, 0.2) is 0 Å². The fraction of sp³-hybridized carbons (Fsp3) is 0.444. The van der Waals surface area contributed by atoms with Crippen molar-refractivity contribution in [1.29, 1.82) is 0 Å². The van der Waals surface area contributed by atoms with Crippen LogP contribution in [0.1, 0.15) is 38.2 Å². The van der Waals surface area contributed by atoms with Crippen molar-refractivity contribution in [1.82, 2.24) is 0 Å². The smallest absolute Gasteiger partial charge is 0.326 e. The van der Waals surface area contributed by atoms with Gasteiger partial charge in [-0.05, 0) is 76.5 Å². The van der Waals surface area contributed by atoms with Crippen molar-refractivity contribution in [2.75, 3.05) is 0 Å². The summed E-state index contributed by atoms with van der Waals surface area (Å²) in [6, 6.07) is 10.3. The SMILES string of the molecule is CC1CCC(Oc2ccc3cc(C(F)(F)Br)ccc3c2)CC1. The molecule has 0 spiro atoms. The van der Waals surface area contributed by atoms with Gasteiger partial charge in [0.2, 0.25) is 0 Å². The number of halogens is 3. The fourth-order valence-electron chi connectivity index (χ4n) is 3.01. The van der Waals surface area contributed by atoms with Crippen molar-refractivity contribution < 1.29 is 13.5 Å². The molecule has 0 atom stereocenters. The van der Waals surface area contributed by atoms with E-state index in [-0.39, 0.29) is 11.7 Å². The van der Waals surface area contributed by atoms with E-state index < -0.39 is 4.83 Å². The van der Waals surface area contributed by atoms with Crippen LogP contribution in [0.25, 0.3) is 10.8 Å². The highest BCUT2D eigenvalue weighted by atomic mass is 79.9. The van der Waals surface area contributed by atoms with Gasteiger partial charge in [-0.1, -0.05) is 25.1 Å². The summed E-state index contributed by atoms with van der Waals surface area (Å²) in [5.74, 6) is 1.62. The van der Waals surface area contributed by atoms with Crippen LogP contribution in [0.5, 0.6) is 5.75 Å². The topological polar surface area (TPSA) is 9.23 Å². The van der Waals surface area contributed by atoms with E-state index in [9.17, 15) is 8.78 Å². The fourth-order valence-corrected chi connectivity index (χ4v) is 3.26. The third kappa shape index (κ3) is 3.60. The molecule has 1 saturated carbocycles. The number of hydrogen-bond donors (Lipinski definition) is 0. The van der Waals surface area contributed by atoms with Crippen LogP contribution in [0, 0.1) is 5.92 Å². The standard InChI is InChI=1S/C18H19BrF2O/c1-12-2-7-16(8-3-12)22-17-9-5-13-10-15(18(19,20)21)6-4-14(13)11-17/h4-6,9-12,16H,2-3,7-8H2,1H3. The number of ether oxygens (including phenoxy) is 1. The Labute approximate surface area is 137 Å². The zero-order valence-electron chi connectivity index (χ0n) is 12.5. The minimum Gasteiger partial charge on any atom is -0.490 e. The normalized spacial score (nSPS) is 22.7. The molecule has 1 aliphatic rings. The Morgan fingerprint density at radius 2 is 1.64 bits per heavy atom. The van der Waals surface area contributed by atoms with Gasteiger partial charge < -0.3 is 4.74 Å².